The Morgan fingerprint density at radius 3 is 2.37 bits per heavy atom. The van der Waals surface area contributed by atoms with Crippen molar-refractivity contribution in [2.24, 2.45) is 0 Å². The summed E-state index contributed by atoms with van der Waals surface area (Å²) in [4.78, 5) is 27.7. The van der Waals surface area contributed by atoms with Crippen LogP contribution in [-0.2, 0) is 4.79 Å². The number of H-pyrrole nitrogens is 1. The molecule has 3 atom stereocenters. The fourth-order valence-electron chi connectivity index (χ4n) is 5.35. The number of nitrogens with one attached hydrogen (secondary N) is 1. The molecule has 2 saturated heterocycles. The van der Waals surface area contributed by atoms with E-state index in [2.05, 4.69) is 15.1 Å². The van der Waals surface area contributed by atoms with E-state index in [1.807, 2.05) is 37.3 Å². The molecule has 3 aromatic rings. The van der Waals surface area contributed by atoms with Crippen molar-refractivity contribution in [2.45, 2.75) is 56.5 Å². The molecule has 0 radical (unpaired) electrons. The molecule has 2 aromatic carbocycles. The molecule has 0 aliphatic carbocycles. The van der Waals surface area contributed by atoms with E-state index in [1.54, 1.807) is 6.07 Å². The zero-order chi connectivity index (χ0) is 20.8. The van der Waals surface area contributed by atoms with E-state index in [0.717, 1.165) is 36.6 Å². The Bertz CT molecular complexity index is 1140. The number of carbonyl (C=O) groups excluding carboxylic acids is 1. The number of fused-ring (bicyclic) bond motifs is 3. The summed E-state index contributed by atoms with van der Waals surface area (Å²) in [5.74, 6) is -0.222. The minimum Gasteiger partial charge on any atom is -0.336 e. The van der Waals surface area contributed by atoms with Gasteiger partial charge in [-0.25, -0.2) is 9.49 Å². The molecule has 5 rings (SSSR count). The van der Waals surface area contributed by atoms with Gasteiger partial charge in [0.25, 0.3) is 5.56 Å². The minimum atomic E-state index is -0.433. The van der Waals surface area contributed by atoms with Crippen LogP contribution in [0, 0.1) is 5.82 Å². The summed E-state index contributed by atoms with van der Waals surface area (Å²) < 4.78 is 13.3. The number of nitrogens with zero attached hydrogens (tertiary/aromatic N) is 2. The molecule has 5 nitrogen and oxygen atoms in total. The van der Waals surface area contributed by atoms with Crippen molar-refractivity contribution >= 4 is 16.7 Å². The zero-order valence-corrected chi connectivity index (χ0v) is 16.8. The Kier molecular flexibility index (Phi) is 4.65. The van der Waals surface area contributed by atoms with Gasteiger partial charge in [0, 0.05) is 17.5 Å². The number of hydrogen-bond donors (Lipinski definition) is 1. The number of hydrogen-bond acceptors (Lipinski definition) is 3. The molecule has 2 aliphatic heterocycles. The van der Waals surface area contributed by atoms with Gasteiger partial charge in [0.05, 0.1) is 17.0 Å². The lowest BCUT2D eigenvalue weighted by atomic mass is 9.84. The van der Waals surface area contributed by atoms with Crippen LogP contribution < -0.4 is 5.56 Å². The van der Waals surface area contributed by atoms with Crippen LogP contribution in [0.2, 0.25) is 0 Å². The molecule has 0 saturated carbocycles. The zero-order valence-electron chi connectivity index (χ0n) is 16.8. The summed E-state index contributed by atoms with van der Waals surface area (Å²) in [6.07, 6.45) is 3.81. The van der Waals surface area contributed by atoms with Gasteiger partial charge in [-0.05, 0) is 62.3 Å². The quantitative estimate of drug-likeness (QED) is 0.713. The predicted molar refractivity (Wildman–Crippen MR) is 113 cm³/mol. The average Bonchev–Trinajstić information content (AvgIpc) is 3.03. The van der Waals surface area contributed by atoms with Crippen LogP contribution in [0.15, 0.2) is 53.3 Å². The SMILES string of the molecule is C[C@@H](C(=O)N1[C@H]2CC[C@H]1CC(c1ccc(F)cc1)C2)c1n[nH]c(=O)c2ccccc12. The lowest BCUT2D eigenvalue weighted by Gasteiger charge is -2.40. The first kappa shape index (κ1) is 19.0. The maximum atomic E-state index is 13.5. The summed E-state index contributed by atoms with van der Waals surface area (Å²) in [6, 6.07) is 14.5. The van der Waals surface area contributed by atoms with Gasteiger partial charge in [0.1, 0.15) is 5.82 Å². The molecule has 6 heteroatoms. The summed E-state index contributed by atoms with van der Waals surface area (Å²) in [5, 5.41) is 8.08. The van der Waals surface area contributed by atoms with E-state index < -0.39 is 5.92 Å². The number of aromatic nitrogens is 2. The number of piperidine rings is 1. The van der Waals surface area contributed by atoms with Gasteiger partial charge in [0.15, 0.2) is 0 Å². The van der Waals surface area contributed by atoms with Crippen LogP contribution in [-0.4, -0.2) is 33.1 Å². The van der Waals surface area contributed by atoms with Gasteiger partial charge in [0.2, 0.25) is 5.91 Å². The van der Waals surface area contributed by atoms with Crippen molar-refractivity contribution in [1.82, 2.24) is 15.1 Å². The van der Waals surface area contributed by atoms with Crippen LogP contribution in [0.25, 0.3) is 10.8 Å². The van der Waals surface area contributed by atoms with Crippen molar-refractivity contribution in [3.8, 4) is 0 Å². The molecule has 2 aliphatic rings. The predicted octanol–water partition coefficient (Wildman–Crippen LogP) is 4.10. The molecule has 0 spiro atoms. The van der Waals surface area contributed by atoms with Crippen molar-refractivity contribution in [3.05, 3.63) is 76.0 Å². The normalized spacial score (nSPS) is 24.2. The highest BCUT2D eigenvalue weighted by Crippen LogP contribution is 2.44. The van der Waals surface area contributed by atoms with Crippen LogP contribution in [0.4, 0.5) is 4.39 Å². The van der Waals surface area contributed by atoms with Gasteiger partial charge < -0.3 is 4.90 Å². The molecule has 0 unspecified atom stereocenters. The van der Waals surface area contributed by atoms with Gasteiger partial charge in [-0.1, -0.05) is 30.3 Å². The van der Waals surface area contributed by atoms with Crippen molar-refractivity contribution in [3.63, 3.8) is 0 Å². The molecule has 1 amide bonds. The summed E-state index contributed by atoms with van der Waals surface area (Å²) in [7, 11) is 0. The molecular weight excluding hydrogens is 381 g/mol. The Hall–Kier alpha value is -3.02. The lowest BCUT2D eigenvalue weighted by Crippen LogP contribution is -2.47. The van der Waals surface area contributed by atoms with E-state index in [9.17, 15) is 14.0 Å². The smallest absolute Gasteiger partial charge is 0.272 e. The third-order valence-corrected chi connectivity index (χ3v) is 6.84. The highest BCUT2D eigenvalue weighted by molar-refractivity contribution is 5.91. The van der Waals surface area contributed by atoms with Gasteiger partial charge in [-0.2, -0.15) is 5.10 Å². The second-order valence-corrected chi connectivity index (χ2v) is 8.56. The number of aromatic amines is 1. The van der Waals surface area contributed by atoms with Gasteiger partial charge in [-0.3, -0.25) is 9.59 Å². The molecule has 2 bridgehead atoms. The van der Waals surface area contributed by atoms with Gasteiger partial charge >= 0.3 is 0 Å². The van der Waals surface area contributed by atoms with Crippen LogP contribution >= 0.6 is 0 Å². The number of amides is 1. The largest absolute Gasteiger partial charge is 0.336 e. The molecular formula is C24H24FN3O2. The topological polar surface area (TPSA) is 66.1 Å². The van der Waals surface area contributed by atoms with Crippen molar-refractivity contribution in [2.75, 3.05) is 0 Å². The number of rotatable bonds is 3. The highest BCUT2D eigenvalue weighted by Gasteiger charge is 2.45. The lowest BCUT2D eigenvalue weighted by molar-refractivity contribution is -0.137. The van der Waals surface area contributed by atoms with E-state index >= 15 is 0 Å². The minimum absolute atomic E-state index is 0.0739. The average molecular weight is 405 g/mol. The second kappa shape index (κ2) is 7.35. The van der Waals surface area contributed by atoms with Crippen molar-refractivity contribution < 1.29 is 9.18 Å². The van der Waals surface area contributed by atoms with Crippen LogP contribution in [0.1, 0.15) is 55.7 Å². The Morgan fingerprint density at radius 2 is 1.70 bits per heavy atom. The standard InChI is InChI=1S/C24H24FN3O2/c1-14(22-20-4-2-3-5-21(20)23(29)27-26-22)24(30)28-18-10-11-19(28)13-16(12-18)15-6-8-17(25)9-7-15/h2-9,14,16,18-19H,10-13H2,1H3,(H,27,29)/t14-,18+,19+/m1/s1. The monoisotopic (exact) mass is 405 g/mol. The highest BCUT2D eigenvalue weighted by atomic mass is 19.1. The molecule has 1 N–H and O–H groups in total. The van der Waals surface area contributed by atoms with E-state index in [4.69, 9.17) is 0 Å². The number of benzene rings is 2. The maximum absolute atomic E-state index is 13.5. The summed E-state index contributed by atoms with van der Waals surface area (Å²) >= 11 is 0. The maximum Gasteiger partial charge on any atom is 0.272 e. The molecule has 3 heterocycles. The van der Waals surface area contributed by atoms with Gasteiger partial charge in [-0.15, -0.1) is 0 Å². The Labute approximate surface area is 173 Å². The third kappa shape index (κ3) is 3.11. The van der Waals surface area contributed by atoms with E-state index in [1.165, 1.54) is 12.1 Å². The number of halogens is 1. The molecule has 2 fully saturated rings. The first-order valence-electron chi connectivity index (χ1n) is 10.6. The Balaban J connectivity index is 1.41. The molecule has 1 aromatic heterocycles. The molecule has 30 heavy (non-hydrogen) atoms. The van der Waals surface area contributed by atoms with E-state index in [0.29, 0.717) is 17.0 Å². The van der Waals surface area contributed by atoms with Crippen LogP contribution in [0.3, 0.4) is 0 Å². The number of carbonyl (C=O) groups is 1. The first-order valence-corrected chi connectivity index (χ1v) is 10.6. The fourth-order valence-corrected chi connectivity index (χ4v) is 5.35. The second-order valence-electron chi connectivity index (χ2n) is 8.56. The third-order valence-electron chi connectivity index (χ3n) is 6.84. The fraction of sp³-hybridized carbons (Fsp3) is 0.375. The van der Waals surface area contributed by atoms with Crippen molar-refractivity contribution in [1.29, 1.82) is 0 Å². The molecule has 154 valence electrons. The van der Waals surface area contributed by atoms with E-state index in [-0.39, 0.29) is 29.4 Å². The Morgan fingerprint density at radius 1 is 1.07 bits per heavy atom. The summed E-state index contributed by atoms with van der Waals surface area (Å²) in [5.41, 5.74) is 1.53. The van der Waals surface area contributed by atoms with Crippen LogP contribution in [0.5, 0.6) is 0 Å². The summed E-state index contributed by atoms with van der Waals surface area (Å²) in [6.45, 7) is 1.88. The first-order chi connectivity index (χ1) is 14.5.